The molecule has 0 radical (unpaired) electrons. The number of ether oxygens (including phenoxy) is 2. The van der Waals surface area contributed by atoms with E-state index in [1.165, 1.54) is 23.5 Å². The summed E-state index contributed by atoms with van der Waals surface area (Å²) in [5.74, 6) is -0.539. The molecule has 0 unspecified atom stereocenters. The number of carbonyl (C=O) groups is 1. The van der Waals surface area contributed by atoms with Gasteiger partial charge in [0.25, 0.3) is 0 Å². The standard InChI is InChI=1S/C16H22N2O5S/c1-17-7-12-8-18(13(9-17)11-23-10-12)24(20,21)15-6-4-3-5-14(15)16(19)22-2/h3-6,12-13H,7-11H2,1-2H3/t12-,13-/m0/s1. The Bertz CT molecular complexity index is 721. The van der Waals surface area contributed by atoms with E-state index in [9.17, 15) is 13.2 Å². The SMILES string of the molecule is COC(=O)c1ccccc1S(=O)(=O)N1C[C@H]2COC[C@@H]1CN(C)C2. The average molecular weight is 354 g/mol. The molecule has 0 saturated carbocycles. The maximum absolute atomic E-state index is 13.3. The van der Waals surface area contributed by atoms with Crippen LogP contribution < -0.4 is 0 Å². The Morgan fingerprint density at radius 1 is 1.21 bits per heavy atom. The summed E-state index contributed by atoms with van der Waals surface area (Å²) >= 11 is 0. The summed E-state index contributed by atoms with van der Waals surface area (Å²) in [6, 6.07) is 5.92. The number of nitrogens with zero attached hydrogens (tertiary/aromatic N) is 2. The van der Waals surface area contributed by atoms with Crippen LogP contribution in [0, 0.1) is 5.92 Å². The fraction of sp³-hybridized carbons (Fsp3) is 0.562. The average Bonchev–Trinajstić information content (AvgIpc) is 2.85. The summed E-state index contributed by atoms with van der Waals surface area (Å²) in [7, 11) is -0.589. The summed E-state index contributed by atoms with van der Waals surface area (Å²) < 4.78 is 38.4. The van der Waals surface area contributed by atoms with Gasteiger partial charge in [-0.25, -0.2) is 13.2 Å². The number of fused-ring (bicyclic) bond motifs is 3. The Labute approximate surface area is 142 Å². The van der Waals surface area contributed by atoms with Gasteiger partial charge in [-0.3, -0.25) is 0 Å². The highest BCUT2D eigenvalue weighted by Gasteiger charge is 2.40. The molecule has 132 valence electrons. The van der Waals surface area contributed by atoms with Crippen LogP contribution >= 0.6 is 0 Å². The summed E-state index contributed by atoms with van der Waals surface area (Å²) in [4.78, 5) is 14.1. The van der Waals surface area contributed by atoms with Gasteiger partial charge in [0.05, 0.1) is 36.8 Å². The number of benzene rings is 1. The Balaban J connectivity index is 2.03. The van der Waals surface area contributed by atoms with Crippen molar-refractivity contribution in [2.24, 2.45) is 5.92 Å². The van der Waals surface area contributed by atoms with Crippen LogP contribution in [0.3, 0.4) is 0 Å². The number of carbonyl (C=O) groups excluding carboxylic acids is 1. The molecule has 1 aromatic carbocycles. The second-order valence-corrected chi connectivity index (χ2v) is 8.20. The van der Waals surface area contributed by atoms with Gasteiger partial charge >= 0.3 is 5.97 Å². The first-order valence-electron chi connectivity index (χ1n) is 7.89. The van der Waals surface area contributed by atoms with Crippen molar-refractivity contribution in [2.45, 2.75) is 10.9 Å². The van der Waals surface area contributed by atoms with E-state index in [2.05, 4.69) is 4.90 Å². The molecule has 0 N–H and O–H groups in total. The molecule has 24 heavy (non-hydrogen) atoms. The molecule has 2 fully saturated rings. The minimum atomic E-state index is -3.82. The molecule has 0 aromatic heterocycles. The van der Waals surface area contributed by atoms with Crippen molar-refractivity contribution >= 4 is 16.0 Å². The van der Waals surface area contributed by atoms with Gasteiger partial charge in [-0.1, -0.05) is 12.1 Å². The molecule has 2 saturated heterocycles. The Morgan fingerprint density at radius 2 is 1.96 bits per heavy atom. The molecule has 2 atom stereocenters. The van der Waals surface area contributed by atoms with Crippen molar-refractivity contribution in [3.8, 4) is 0 Å². The lowest BCUT2D eigenvalue weighted by Crippen LogP contribution is -2.46. The first-order chi connectivity index (χ1) is 11.4. The third kappa shape index (κ3) is 3.19. The number of sulfonamides is 1. The molecule has 2 aliphatic heterocycles. The molecule has 1 aromatic rings. The van der Waals surface area contributed by atoms with Gasteiger partial charge in [0.1, 0.15) is 0 Å². The molecule has 7 nitrogen and oxygen atoms in total. The first kappa shape index (κ1) is 17.3. The first-order valence-corrected chi connectivity index (χ1v) is 9.33. The topological polar surface area (TPSA) is 76.2 Å². The van der Waals surface area contributed by atoms with Crippen molar-refractivity contribution in [3.05, 3.63) is 29.8 Å². The third-order valence-electron chi connectivity index (χ3n) is 4.48. The lowest BCUT2D eigenvalue weighted by Gasteiger charge is -2.29. The quantitative estimate of drug-likeness (QED) is 0.733. The molecule has 8 heteroatoms. The minimum absolute atomic E-state index is 0.00736. The van der Waals surface area contributed by atoms with E-state index in [-0.39, 0.29) is 22.4 Å². The van der Waals surface area contributed by atoms with Gasteiger partial charge in [-0.15, -0.1) is 0 Å². The van der Waals surface area contributed by atoms with Crippen molar-refractivity contribution in [3.63, 3.8) is 0 Å². The van der Waals surface area contributed by atoms with Crippen molar-refractivity contribution in [1.29, 1.82) is 0 Å². The van der Waals surface area contributed by atoms with E-state index < -0.39 is 16.0 Å². The van der Waals surface area contributed by atoms with Crippen LogP contribution in [0.2, 0.25) is 0 Å². The number of hydrogen-bond acceptors (Lipinski definition) is 6. The normalized spacial score (nSPS) is 25.9. The molecule has 2 bridgehead atoms. The molecular formula is C16H22N2O5S. The number of methoxy groups -OCH3 is 1. The van der Waals surface area contributed by atoms with Crippen LogP contribution in [0.15, 0.2) is 29.2 Å². The summed E-state index contributed by atoms with van der Waals surface area (Å²) in [6.45, 7) is 2.70. The zero-order valence-corrected chi connectivity index (χ0v) is 14.7. The van der Waals surface area contributed by atoms with Gasteiger partial charge in [-0.2, -0.15) is 4.31 Å². The molecule has 3 rings (SSSR count). The number of rotatable bonds is 3. The second-order valence-electron chi connectivity index (χ2n) is 6.34. The lowest BCUT2D eigenvalue weighted by molar-refractivity contribution is 0.0595. The Morgan fingerprint density at radius 3 is 2.71 bits per heavy atom. The fourth-order valence-electron chi connectivity index (χ4n) is 3.43. The Hall–Kier alpha value is -1.48. The van der Waals surface area contributed by atoms with Crippen LogP contribution in [-0.2, 0) is 19.5 Å². The van der Waals surface area contributed by atoms with Gasteiger partial charge in [-0.05, 0) is 19.2 Å². The summed E-state index contributed by atoms with van der Waals surface area (Å²) in [5, 5.41) is 0. The van der Waals surface area contributed by atoms with Crippen LogP contribution in [0.4, 0.5) is 0 Å². The lowest BCUT2D eigenvalue weighted by atomic mass is 10.1. The van der Waals surface area contributed by atoms with Crippen LogP contribution in [-0.4, -0.2) is 76.6 Å². The molecule has 2 aliphatic rings. The van der Waals surface area contributed by atoms with Gasteiger partial charge < -0.3 is 14.4 Å². The van der Waals surface area contributed by atoms with Gasteiger partial charge in [0.15, 0.2) is 0 Å². The van der Waals surface area contributed by atoms with Crippen molar-refractivity contribution in [1.82, 2.24) is 9.21 Å². The predicted molar refractivity (Wildman–Crippen MR) is 87.3 cm³/mol. The van der Waals surface area contributed by atoms with E-state index in [4.69, 9.17) is 9.47 Å². The molecule has 0 amide bonds. The van der Waals surface area contributed by atoms with E-state index in [0.717, 1.165) is 6.54 Å². The highest BCUT2D eigenvalue weighted by molar-refractivity contribution is 7.89. The maximum Gasteiger partial charge on any atom is 0.339 e. The Kier molecular flexibility index (Phi) is 4.91. The van der Waals surface area contributed by atoms with Crippen molar-refractivity contribution in [2.75, 3.05) is 47.0 Å². The fourth-order valence-corrected chi connectivity index (χ4v) is 5.29. The number of likely N-dealkylation sites (N-methyl/N-ethyl adjacent to an activating group) is 1. The summed E-state index contributed by atoms with van der Waals surface area (Å²) in [5.41, 5.74) is 0.0630. The zero-order chi connectivity index (χ0) is 17.3. The van der Waals surface area contributed by atoms with E-state index in [1.807, 2.05) is 7.05 Å². The van der Waals surface area contributed by atoms with Crippen LogP contribution in [0.25, 0.3) is 0 Å². The van der Waals surface area contributed by atoms with E-state index in [1.54, 1.807) is 12.1 Å². The predicted octanol–water partition coefficient (Wildman–Crippen LogP) is 0.424. The molecular weight excluding hydrogens is 332 g/mol. The number of hydrogen-bond donors (Lipinski definition) is 0. The number of esters is 1. The monoisotopic (exact) mass is 354 g/mol. The van der Waals surface area contributed by atoms with Crippen LogP contribution in [0.1, 0.15) is 10.4 Å². The highest BCUT2D eigenvalue weighted by atomic mass is 32.2. The molecule has 0 spiro atoms. The zero-order valence-electron chi connectivity index (χ0n) is 13.8. The van der Waals surface area contributed by atoms with E-state index >= 15 is 0 Å². The van der Waals surface area contributed by atoms with Gasteiger partial charge in [0, 0.05) is 25.6 Å². The molecule has 2 heterocycles. The van der Waals surface area contributed by atoms with Crippen LogP contribution in [0.5, 0.6) is 0 Å². The summed E-state index contributed by atoms with van der Waals surface area (Å²) in [6.07, 6.45) is 0. The third-order valence-corrected chi connectivity index (χ3v) is 6.46. The highest BCUT2D eigenvalue weighted by Crippen LogP contribution is 2.28. The largest absolute Gasteiger partial charge is 0.465 e. The second kappa shape index (κ2) is 6.79. The van der Waals surface area contributed by atoms with Crippen molar-refractivity contribution < 1.29 is 22.7 Å². The van der Waals surface area contributed by atoms with E-state index in [0.29, 0.717) is 26.3 Å². The molecule has 0 aliphatic carbocycles. The minimum Gasteiger partial charge on any atom is -0.465 e. The maximum atomic E-state index is 13.3. The van der Waals surface area contributed by atoms with Gasteiger partial charge in [0.2, 0.25) is 10.0 Å². The smallest absolute Gasteiger partial charge is 0.339 e.